The van der Waals surface area contributed by atoms with Crippen LogP contribution in [0.15, 0.2) is 17.4 Å². The molecule has 1 rings (SSSR count). The van der Waals surface area contributed by atoms with Crippen molar-refractivity contribution in [1.29, 1.82) is 0 Å². The van der Waals surface area contributed by atoms with Crippen LogP contribution in [0.4, 0.5) is 13.2 Å². The Hall–Kier alpha value is -1.31. The average Bonchev–Trinajstić information content (AvgIpc) is 2.27. The highest BCUT2D eigenvalue weighted by Gasteiger charge is 2.33. The van der Waals surface area contributed by atoms with E-state index in [1.54, 1.807) is 0 Å². The smallest absolute Gasteiger partial charge is 0.433 e. The number of methoxy groups -OCH3 is 1. The maximum Gasteiger partial charge on any atom is 0.433 e. The number of alkyl halides is 3. The first-order valence-electron chi connectivity index (χ1n) is 4.49. The van der Waals surface area contributed by atoms with Crippen LogP contribution in [0, 0.1) is 0 Å². The molecule has 0 aliphatic heterocycles. The van der Waals surface area contributed by atoms with Gasteiger partial charge in [0.15, 0.2) is 5.16 Å². The molecule has 0 aromatic carbocycles. The Kier molecular flexibility index (Phi) is 4.33. The van der Waals surface area contributed by atoms with Gasteiger partial charge in [0.25, 0.3) is 0 Å². The fourth-order valence-electron chi connectivity index (χ4n) is 0.928. The number of carbonyl (C=O) groups is 1. The van der Waals surface area contributed by atoms with Crippen LogP contribution < -0.4 is 0 Å². The average molecular weight is 266 g/mol. The molecule has 1 atom stereocenters. The summed E-state index contributed by atoms with van der Waals surface area (Å²) in [5.41, 5.74) is -1.04. The molecule has 1 aromatic heterocycles. The first-order chi connectivity index (χ1) is 7.84. The molecule has 0 spiro atoms. The van der Waals surface area contributed by atoms with Gasteiger partial charge in [0.2, 0.25) is 0 Å². The number of carbonyl (C=O) groups excluding carboxylic acids is 1. The molecule has 0 N–H and O–H groups in total. The molecule has 0 saturated carbocycles. The van der Waals surface area contributed by atoms with Crippen molar-refractivity contribution in [1.82, 2.24) is 9.97 Å². The summed E-state index contributed by atoms with van der Waals surface area (Å²) in [7, 11) is 1.20. The van der Waals surface area contributed by atoms with E-state index in [2.05, 4.69) is 14.7 Å². The number of halogens is 3. The molecule has 0 bridgehead atoms. The summed E-state index contributed by atoms with van der Waals surface area (Å²) in [6.07, 6.45) is -3.52. The minimum absolute atomic E-state index is 0.113. The fraction of sp³-hybridized carbons (Fsp3) is 0.444. The topological polar surface area (TPSA) is 52.1 Å². The summed E-state index contributed by atoms with van der Waals surface area (Å²) >= 11 is 0.810. The summed E-state index contributed by atoms with van der Waals surface area (Å²) in [4.78, 5) is 18.1. The van der Waals surface area contributed by atoms with E-state index in [-0.39, 0.29) is 5.16 Å². The lowest BCUT2D eigenvalue weighted by Crippen LogP contribution is -2.16. The van der Waals surface area contributed by atoms with Crippen molar-refractivity contribution in [2.75, 3.05) is 7.11 Å². The molecule has 0 aliphatic rings. The Morgan fingerprint density at radius 1 is 1.53 bits per heavy atom. The number of rotatable bonds is 3. The van der Waals surface area contributed by atoms with Crippen LogP contribution in [-0.4, -0.2) is 28.3 Å². The van der Waals surface area contributed by atoms with E-state index in [9.17, 15) is 18.0 Å². The van der Waals surface area contributed by atoms with Crippen LogP contribution in [0.25, 0.3) is 0 Å². The van der Waals surface area contributed by atoms with Crippen LogP contribution in [0.2, 0.25) is 0 Å². The van der Waals surface area contributed by atoms with Crippen LogP contribution in [-0.2, 0) is 15.7 Å². The van der Waals surface area contributed by atoms with Gasteiger partial charge in [-0.3, -0.25) is 4.79 Å². The van der Waals surface area contributed by atoms with E-state index in [1.807, 2.05) is 0 Å². The minimum Gasteiger partial charge on any atom is -0.468 e. The van der Waals surface area contributed by atoms with Crippen LogP contribution in [0.1, 0.15) is 12.6 Å². The number of esters is 1. The monoisotopic (exact) mass is 266 g/mol. The Balaban J connectivity index is 2.83. The molecule has 1 aromatic rings. The van der Waals surface area contributed by atoms with Crippen molar-refractivity contribution in [2.45, 2.75) is 23.5 Å². The highest BCUT2D eigenvalue weighted by atomic mass is 32.2. The van der Waals surface area contributed by atoms with Crippen LogP contribution >= 0.6 is 11.8 Å². The van der Waals surface area contributed by atoms with Crippen molar-refractivity contribution < 1.29 is 22.7 Å². The van der Waals surface area contributed by atoms with Crippen molar-refractivity contribution in [2.24, 2.45) is 0 Å². The Morgan fingerprint density at radius 3 is 2.71 bits per heavy atom. The van der Waals surface area contributed by atoms with Crippen molar-refractivity contribution in [3.05, 3.63) is 18.0 Å². The SMILES string of the molecule is COC(=O)C(C)Sc1nccc(C(F)(F)F)n1. The van der Waals surface area contributed by atoms with Gasteiger partial charge in [-0.1, -0.05) is 11.8 Å². The van der Waals surface area contributed by atoms with E-state index >= 15 is 0 Å². The predicted octanol–water partition coefficient (Wildman–Crippen LogP) is 2.15. The predicted molar refractivity (Wildman–Crippen MR) is 54.4 cm³/mol. The molecule has 8 heteroatoms. The minimum atomic E-state index is -4.52. The van der Waals surface area contributed by atoms with Gasteiger partial charge in [-0.25, -0.2) is 9.97 Å². The van der Waals surface area contributed by atoms with E-state index in [1.165, 1.54) is 14.0 Å². The highest BCUT2D eigenvalue weighted by Crippen LogP contribution is 2.29. The fourth-order valence-corrected chi connectivity index (χ4v) is 1.71. The number of thioether (sulfide) groups is 1. The zero-order chi connectivity index (χ0) is 13.1. The lowest BCUT2D eigenvalue weighted by atomic mass is 10.4. The van der Waals surface area contributed by atoms with E-state index in [4.69, 9.17) is 0 Å². The first kappa shape index (κ1) is 13.8. The largest absolute Gasteiger partial charge is 0.468 e. The zero-order valence-electron chi connectivity index (χ0n) is 8.99. The van der Waals surface area contributed by atoms with Gasteiger partial charge in [0, 0.05) is 6.20 Å². The van der Waals surface area contributed by atoms with Gasteiger partial charge in [-0.2, -0.15) is 13.2 Å². The summed E-state index contributed by atoms with van der Waals surface area (Å²) in [6, 6.07) is 0.771. The lowest BCUT2D eigenvalue weighted by Gasteiger charge is -2.09. The van der Waals surface area contributed by atoms with Crippen molar-refractivity contribution >= 4 is 17.7 Å². The molecule has 94 valence electrons. The van der Waals surface area contributed by atoms with E-state index in [0.717, 1.165) is 24.0 Å². The standard InChI is InChI=1S/C9H9F3N2O2S/c1-5(7(15)16-2)17-8-13-4-3-6(14-8)9(10,11)12/h3-5H,1-2H3. The third-order valence-corrected chi connectivity index (χ3v) is 2.69. The second-order valence-corrected chi connectivity index (χ2v) is 4.31. The van der Waals surface area contributed by atoms with Crippen LogP contribution in [0.3, 0.4) is 0 Å². The molecule has 1 unspecified atom stereocenters. The summed E-state index contributed by atoms with van der Waals surface area (Å²) in [6.45, 7) is 1.50. The number of hydrogen-bond donors (Lipinski definition) is 0. The number of aromatic nitrogens is 2. The number of ether oxygens (including phenoxy) is 1. The molecule has 0 fully saturated rings. The van der Waals surface area contributed by atoms with Gasteiger partial charge in [0.1, 0.15) is 10.9 Å². The van der Waals surface area contributed by atoms with Gasteiger partial charge < -0.3 is 4.74 Å². The second kappa shape index (κ2) is 5.35. The second-order valence-electron chi connectivity index (χ2n) is 3.01. The van der Waals surface area contributed by atoms with Crippen LogP contribution in [0.5, 0.6) is 0 Å². The van der Waals surface area contributed by atoms with Gasteiger partial charge in [0.05, 0.1) is 7.11 Å². The molecular weight excluding hydrogens is 257 g/mol. The van der Waals surface area contributed by atoms with Crippen molar-refractivity contribution in [3.63, 3.8) is 0 Å². The quantitative estimate of drug-likeness (QED) is 0.476. The van der Waals surface area contributed by atoms with E-state index in [0.29, 0.717) is 0 Å². The summed E-state index contributed by atoms with van der Waals surface area (Å²) in [5.74, 6) is -0.545. The molecular formula is C9H9F3N2O2S. The van der Waals surface area contributed by atoms with Gasteiger partial charge in [-0.05, 0) is 13.0 Å². The number of hydrogen-bond acceptors (Lipinski definition) is 5. The Bertz CT molecular complexity index is 411. The maximum absolute atomic E-state index is 12.3. The molecule has 0 aliphatic carbocycles. The third kappa shape index (κ3) is 3.88. The van der Waals surface area contributed by atoms with E-state index < -0.39 is 23.1 Å². The summed E-state index contributed by atoms with van der Waals surface area (Å²) in [5, 5.41) is -0.777. The molecule has 1 heterocycles. The first-order valence-corrected chi connectivity index (χ1v) is 5.37. The lowest BCUT2D eigenvalue weighted by molar-refractivity contribution is -0.141. The number of nitrogens with zero attached hydrogens (tertiary/aromatic N) is 2. The zero-order valence-corrected chi connectivity index (χ0v) is 9.80. The Morgan fingerprint density at radius 2 is 2.18 bits per heavy atom. The molecule has 0 amide bonds. The molecule has 17 heavy (non-hydrogen) atoms. The van der Waals surface area contributed by atoms with Crippen molar-refractivity contribution in [3.8, 4) is 0 Å². The summed E-state index contributed by atoms with van der Waals surface area (Å²) < 4.78 is 41.5. The maximum atomic E-state index is 12.3. The molecule has 0 radical (unpaired) electrons. The van der Waals surface area contributed by atoms with Gasteiger partial charge >= 0.3 is 12.1 Å². The third-order valence-electron chi connectivity index (χ3n) is 1.74. The highest BCUT2D eigenvalue weighted by molar-refractivity contribution is 8.00. The normalized spacial score (nSPS) is 13.2. The van der Waals surface area contributed by atoms with Gasteiger partial charge in [-0.15, -0.1) is 0 Å². The Labute approximate surface area is 99.6 Å². The molecule has 0 saturated heterocycles. The molecule has 4 nitrogen and oxygen atoms in total.